The van der Waals surface area contributed by atoms with E-state index >= 15 is 0 Å². The van der Waals surface area contributed by atoms with Crippen LogP contribution in [0.4, 0.5) is 0 Å². The maximum Gasteiger partial charge on any atom is 0.257 e. The van der Waals surface area contributed by atoms with Crippen molar-refractivity contribution in [2.75, 3.05) is 7.05 Å². The Kier molecular flexibility index (Phi) is 4.55. The molecule has 0 radical (unpaired) electrons. The van der Waals surface area contributed by atoms with Gasteiger partial charge in [-0.1, -0.05) is 26.0 Å². The number of rotatable bonds is 4. The molecule has 0 fully saturated rings. The molecule has 0 aromatic heterocycles. The Morgan fingerprint density at radius 3 is 2.41 bits per heavy atom. The minimum atomic E-state index is -0.128. The van der Waals surface area contributed by atoms with Gasteiger partial charge in [0.25, 0.3) is 5.91 Å². The summed E-state index contributed by atoms with van der Waals surface area (Å²) in [5, 5.41) is 9.65. The third-order valence-corrected chi connectivity index (χ3v) is 2.93. The summed E-state index contributed by atoms with van der Waals surface area (Å²) in [7, 11) is 1.78. The quantitative estimate of drug-likeness (QED) is 0.871. The van der Waals surface area contributed by atoms with E-state index in [1.54, 1.807) is 30.1 Å². The Hall–Kier alpha value is -1.51. The van der Waals surface area contributed by atoms with Gasteiger partial charge in [0, 0.05) is 13.1 Å². The van der Waals surface area contributed by atoms with Crippen molar-refractivity contribution >= 4 is 5.91 Å². The van der Waals surface area contributed by atoms with Gasteiger partial charge in [-0.15, -0.1) is 0 Å². The third kappa shape index (κ3) is 3.48. The van der Waals surface area contributed by atoms with Crippen LogP contribution in [0.3, 0.4) is 0 Å². The fourth-order valence-electron chi connectivity index (χ4n) is 1.88. The minimum Gasteiger partial charge on any atom is -0.507 e. The Morgan fingerprint density at radius 2 is 1.88 bits per heavy atom. The topological polar surface area (TPSA) is 40.5 Å². The molecule has 1 amide bonds. The molecular formula is C14H21NO2. The van der Waals surface area contributed by atoms with E-state index in [2.05, 4.69) is 13.8 Å². The lowest BCUT2D eigenvalue weighted by Gasteiger charge is -2.26. The second-order valence-electron chi connectivity index (χ2n) is 4.91. The number of phenolic OH excluding ortho intramolecular Hbond substituents is 1. The Labute approximate surface area is 103 Å². The maximum absolute atomic E-state index is 12.2. The van der Waals surface area contributed by atoms with E-state index < -0.39 is 0 Å². The van der Waals surface area contributed by atoms with Gasteiger partial charge in [-0.25, -0.2) is 0 Å². The van der Waals surface area contributed by atoms with Crippen molar-refractivity contribution in [3.8, 4) is 5.75 Å². The molecule has 0 bridgehead atoms. The van der Waals surface area contributed by atoms with Gasteiger partial charge in [0.1, 0.15) is 5.75 Å². The van der Waals surface area contributed by atoms with Gasteiger partial charge in [0.2, 0.25) is 0 Å². The van der Waals surface area contributed by atoms with Gasteiger partial charge < -0.3 is 10.0 Å². The molecule has 3 nitrogen and oxygen atoms in total. The van der Waals surface area contributed by atoms with E-state index in [9.17, 15) is 9.90 Å². The van der Waals surface area contributed by atoms with Crippen LogP contribution in [0.1, 0.15) is 37.6 Å². The highest BCUT2D eigenvalue weighted by Crippen LogP contribution is 2.19. The number of carbonyl (C=O) groups excluding carboxylic acids is 1. The summed E-state index contributed by atoms with van der Waals surface area (Å²) in [4.78, 5) is 13.8. The first-order chi connectivity index (χ1) is 7.93. The van der Waals surface area contributed by atoms with Crippen molar-refractivity contribution in [3.63, 3.8) is 0 Å². The van der Waals surface area contributed by atoms with Crippen molar-refractivity contribution in [2.24, 2.45) is 5.92 Å². The minimum absolute atomic E-state index is 0.0427. The molecule has 3 heteroatoms. The molecule has 0 spiro atoms. The molecule has 0 heterocycles. The van der Waals surface area contributed by atoms with E-state index in [0.29, 0.717) is 11.5 Å². The zero-order valence-electron chi connectivity index (χ0n) is 11.0. The summed E-state index contributed by atoms with van der Waals surface area (Å²) in [6.07, 6.45) is 0.954. The third-order valence-electron chi connectivity index (χ3n) is 2.93. The van der Waals surface area contributed by atoms with Crippen molar-refractivity contribution in [2.45, 2.75) is 33.2 Å². The van der Waals surface area contributed by atoms with E-state index in [-0.39, 0.29) is 17.7 Å². The lowest BCUT2D eigenvalue weighted by Crippen LogP contribution is -2.35. The average molecular weight is 235 g/mol. The van der Waals surface area contributed by atoms with Gasteiger partial charge in [0.05, 0.1) is 5.56 Å². The number of hydrogen-bond donors (Lipinski definition) is 1. The van der Waals surface area contributed by atoms with Crippen LogP contribution in [-0.4, -0.2) is 29.0 Å². The van der Waals surface area contributed by atoms with E-state index in [4.69, 9.17) is 0 Å². The summed E-state index contributed by atoms with van der Waals surface area (Å²) in [5.74, 6) is 0.460. The first-order valence-electron chi connectivity index (χ1n) is 5.98. The van der Waals surface area contributed by atoms with E-state index in [1.807, 2.05) is 6.92 Å². The van der Waals surface area contributed by atoms with Crippen LogP contribution < -0.4 is 0 Å². The van der Waals surface area contributed by atoms with Crippen molar-refractivity contribution in [1.29, 1.82) is 0 Å². The smallest absolute Gasteiger partial charge is 0.257 e. The summed E-state index contributed by atoms with van der Waals surface area (Å²) >= 11 is 0. The molecule has 1 atom stereocenters. The molecule has 1 aromatic rings. The van der Waals surface area contributed by atoms with Crippen LogP contribution in [-0.2, 0) is 0 Å². The van der Waals surface area contributed by atoms with E-state index in [0.717, 1.165) is 6.42 Å². The number of amides is 1. The number of benzene rings is 1. The fraction of sp³-hybridized carbons (Fsp3) is 0.500. The molecule has 0 aliphatic heterocycles. The highest BCUT2D eigenvalue weighted by molar-refractivity contribution is 5.96. The predicted molar refractivity (Wildman–Crippen MR) is 69.1 cm³/mol. The summed E-state index contributed by atoms with van der Waals surface area (Å²) in [6, 6.07) is 6.82. The van der Waals surface area contributed by atoms with Gasteiger partial charge in [-0.05, 0) is 31.4 Å². The Balaban J connectivity index is 2.80. The molecule has 1 aromatic carbocycles. The Bertz CT molecular complexity index is 388. The predicted octanol–water partition coefficient (Wildman–Crippen LogP) is 2.90. The summed E-state index contributed by atoms with van der Waals surface area (Å²) in [5.41, 5.74) is 0.366. The molecule has 0 saturated heterocycles. The normalized spacial score (nSPS) is 12.5. The van der Waals surface area contributed by atoms with Gasteiger partial charge in [-0.3, -0.25) is 4.79 Å². The molecule has 0 aliphatic carbocycles. The first-order valence-corrected chi connectivity index (χ1v) is 5.98. The van der Waals surface area contributed by atoms with Crippen LogP contribution in [0.2, 0.25) is 0 Å². The molecular weight excluding hydrogens is 214 g/mol. The van der Waals surface area contributed by atoms with Gasteiger partial charge in [-0.2, -0.15) is 0 Å². The van der Waals surface area contributed by atoms with Crippen LogP contribution in [0.15, 0.2) is 24.3 Å². The number of nitrogens with zero attached hydrogens (tertiary/aromatic N) is 1. The summed E-state index contributed by atoms with van der Waals surface area (Å²) in [6.45, 7) is 6.29. The van der Waals surface area contributed by atoms with Crippen LogP contribution >= 0.6 is 0 Å². The Morgan fingerprint density at radius 1 is 1.29 bits per heavy atom. The lowest BCUT2D eigenvalue weighted by atomic mass is 10.0. The molecule has 1 N–H and O–H groups in total. The average Bonchev–Trinajstić information content (AvgIpc) is 2.27. The number of carbonyl (C=O) groups is 1. The molecule has 0 aliphatic rings. The monoisotopic (exact) mass is 235 g/mol. The number of phenols is 1. The van der Waals surface area contributed by atoms with Gasteiger partial charge in [0.15, 0.2) is 0 Å². The molecule has 1 unspecified atom stereocenters. The second kappa shape index (κ2) is 5.71. The largest absolute Gasteiger partial charge is 0.507 e. The van der Waals surface area contributed by atoms with Crippen LogP contribution in [0, 0.1) is 5.92 Å². The fourth-order valence-corrected chi connectivity index (χ4v) is 1.88. The number of hydrogen-bond acceptors (Lipinski definition) is 2. The van der Waals surface area contributed by atoms with Crippen molar-refractivity contribution in [3.05, 3.63) is 29.8 Å². The van der Waals surface area contributed by atoms with Gasteiger partial charge >= 0.3 is 0 Å². The highest BCUT2D eigenvalue weighted by atomic mass is 16.3. The zero-order valence-corrected chi connectivity index (χ0v) is 11.0. The molecule has 17 heavy (non-hydrogen) atoms. The van der Waals surface area contributed by atoms with Crippen LogP contribution in [0.25, 0.3) is 0 Å². The standard InChI is InChI=1S/C14H21NO2/c1-10(2)9-11(3)15(4)14(17)12-7-5-6-8-13(12)16/h5-8,10-11,16H,9H2,1-4H3. The maximum atomic E-state index is 12.2. The van der Waals surface area contributed by atoms with Crippen molar-refractivity contribution < 1.29 is 9.90 Å². The second-order valence-corrected chi connectivity index (χ2v) is 4.91. The lowest BCUT2D eigenvalue weighted by molar-refractivity contribution is 0.0725. The van der Waals surface area contributed by atoms with Crippen LogP contribution in [0.5, 0.6) is 5.75 Å². The van der Waals surface area contributed by atoms with E-state index in [1.165, 1.54) is 6.07 Å². The highest BCUT2D eigenvalue weighted by Gasteiger charge is 2.20. The molecule has 94 valence electrons. The number of para-hydroxylation sites is 1. The SMILES string of the molecule is CC(C)CC(C)N(C)C(=O)c1ccccc1O. The number of aromatic hydroxyl groups is 1. The molecule has 0 saturated carbocycles. The first kappa shape index (κ1) is 13.6. The summed E-state index contributed by atoms with van der Waals surface area (Å²) < 4.78 is 0. The van der Waals surface area contributed by atoms with Crippen molar-refractivity contribution in [1.82, 2.24) is 4.90 Å². The molecule has 1 rings (SSSR count). The zero-order chi connectivity index (χ0) is 13.0.